The van der Waals surface area contributed by atoms with Gasteiger partial charge in [0.1, 0.15) is 0 Å². The van der Waals surface area contributed by atoms with Crippen LogP contribution in [0.1, 0.15) is 5.56 Å². The lowest BCUT2D eigenvalue weighted by Crippen LogP contribution is -2.10. The van der Waals surface area contributed by atoms with Gasteiger partial charge in [0.25, 0.3) is 5.69 Å². The van der Waals surface area contributed by atoms with Gasteiger partial charge in [-0.25, -0.2) is 4.98 Å². The second-order valence-corrected chi connectivity index (χ2v) is 6.28. The van der Waals surface area contributed by atoms with Crippen LogP contribution in [-0.4, -0.2) is 29.0 Å². The lowest BCUT2D eigenvalue weighted by atomic mass is 10.2. The molecule has 0 saturated carbocycles. The van der Waals surface area contributed by atoms with E-state index in [1.807, 2.05) is 26.2 Å². The highest BCUT2D eigenvalue weighted by atomic mass is 32.2. The van der Waals surface area contributed by atoms with Crippen molar-refractivity contribution in [3.05, 3.63) is 58.1 Å². The van der Waals surface area contributed by atoms with Gasteiger partial charge in [-0.15, -0.1) is 0 Å². The summed E-state index contributed by atoms with van der Waals surface area (Å²) in [5.74, 6) is 0.774. The summed E-state index contributed by atoms with van der Waals surface area (Å²) in [6, 6.07) is 12.9. The summed E-state index contributed by atoms with van der Waals surface area (Å²) in [5.41, 5.74) is 3.87. The molecule has 7 heteroatoms. The number of nitro groups is 1. The predicted octanol–water partition coefficient (Wildman–Crippen LogP) is 3.83. The molecule has 2 aromatic carbocycles. The average Bonchev–Trinajstić information content (AvgIpc) is 2.94. The van der Waals surface area contributed by atoms with Crippen molar-refractivity contribution in [1.82, 2.24) is 9.97 Å². The highest BCUT2D eigenvalue weighted by Gasteiger charge is 2.11. The van der Waals surface area contributed by atoms with Crippen LogP contribution in [0.2, 0.25) is 0 Å². The number of benzene rings is 2. The number of thioether (sulfide) groups is 1. The predicted molar refractivity (Wildman–Crippen MR) is 93.1 cm³/mol. The molecule has 0 amide bonds. The zero-order valence-corrected chi connectivity index (χ0v) is 13.6. The number of anilines is 1. The van der Waals surface area contributed by atoms with E-state index in [9.17, 15) is 10.1 Å². The molecule has 1 heterocycles. The van der Waals surface area contributed by atoms with Gasteiger partial charge in [0.15, 0.2) is 5.16 Å². The van der Waals surface area contributed by atoms with Crippen LogP contribution in [-0.2, 0) is 5.75 Å². The van der Waals surface area contributed by atoms with Crippen molar-refractivity contribution in [3.8, 4) is 0 Å². The van der Waals surface area contributed by atoms with E-state index < -0.39 is 4.92 Å². The first-order chi connectivity index (χ1) is 11.0. The lowest BCUT2D eigenvalue weighted by molar-refractivity contribution is -0.384. The summed E-state index contributed by atoms with van der Waals surface area (Å²) >= 11 is 1.58. The molecule has 23 heavy (non-hydrogen) atoms. The molecule has 0 spiro atoms. The number of nitrogens with one attached hydrogen (secondary N) is 1. The molecule has 0 aliphatic rings. The second kappa shape index (κ2) is 6.29. The number of hydrogen-bond donors (Lipinski definition) is 1. The Balaban J connectivity index is 1.81. The molecule has 6 nitrogen and oxygen atoms in total. The number of fused-ring (bicyclic) bond motifs is 1. The quantitative estimate of drug-likeness (QED) is 0.438. The van der Waals surface area contributed by atoms with Crippen molar-refractivity contribution >= 4 is 34.2 Å². The third-order valence-electron chi connectivity index (χ3n) is 3.49. The summed E-state index contributed by atoms with van der Waals surface area (Å²) in [5, 5.41) is 11.6. The zero-order valence-electron chi connectivity index (χ0n) is 12.8. The first-order valence-corrected chi connectivity index (χ1v) is 8.05. The molecule has 3 aromatic rings. The number of rotatable bonds is 5. The number of aromatic amines is 1. The van der Waals surface area contributed by atoms with Crippen LogP contribution in [0, 0.1) is 10.1 Å². The minimum absolute atomic E-state index is 0.0654. The lowest BCUT2D eigenvalue weighted by Gasteiger charge is -2.16. The average molecular weight is 328 g/mol. The molecule has 0 saturated heterocycles. The van der Waals surface area contributed by atoms with Gasteiger partial charge in [0, 0.05) is 37.7 Å². The fourth-order valence-electron chi connectivity index (χ4n) is 2.37. The summed E-state index contributed by atoms with van der Waals surface area (Å²) < 4.78 is 0. The van der Waals surface area contributed by atoms with Crippen LogP contribution < -0.4 is 4.90 Å². The van der Waals surface area contributed by atoms with E-state index in [2.05, 4.69) is 27.0 Å². The molecule has 3 rings (SSSR count). The number of imidazole rings is 1. The SMILES string of the molecule is CN(C)c1ccccc1CSc1nc2ccc([N+](=O)[O-])cc2[nH]1. The summed E-state index contributed by atoms with van der Waals surface area (Å²) in [6.45, 7) is 0. The number of hydrogen-bond acceptors (Lipinski definition) is 5. The number of non-ortho nitro benzene ring substituents is 1. The van der Waals surface area contributed by atoms with Crippen LogP contribution in [0.25, 0.3) is 11.0 Å². The van der Waals surface area contributed by atoms with Crippen molar-refractivity contribution in [3.63, 3.8) is 0 Å². The van der Waals surface area contributed by atoms with E-state index in [1.165, 1.54) is 23.4 Å². The maximum atomic E-state index is 10.8. The summed E-state index contributed by atoms with van der Waals surface area (Å²) in [7, 11) is 4.04. The van der Waals surface area contributed by atoms with Gasteiger partial charge in [0.05, 0.1) is 16.0 Å². The van der Waals surface area contributed by atoms with Crippen LogP contribution in [0.15, 0.2) is 47.6 Å². The van der Waals surface area contributed by atoms with E-state index >= 15 is 0 Å². The van der Waals surface area contributed by atoms with Gasteiger partial charge in [-0.1, -0.05) is 30.0 Å². The van der Waals surface area contributed by atoms with Crippen molar-refractivity contribution in [1.29, 1.82) is 0 Å². The number of nitro benzene ring substituents is 1. The highest BCUT2D eigenvalue weighted by Crippen LogP contribution is 2.28. The third kappa shape index (κ3) is 3.29. The molecule has 0 aliphatic carbocycles. The van der Waals surface area contributed by atoms with Gasteiger partial charge in [-0.2, -0.15) is 0 Å². The molecular weight excluding hydrogens is 312 g/mol. The molecule has 0 atom stereocenters. The minimum Gasteiger partial charge on any atom is -0.377 e. The van der Waals surface area contributed by atoms with Gasteiger partial charge < -0.3 is 9.88 Å². The Morgan fingerprint density at radius 3 is 2.78 bits per heavy atom. The standard InChI is InChI=1S/C16H16N4O2S/c1-19(2)15-6-4-3-5-11(15)10-23-16-17-13-8-7-12(20(21)22)9-14(13)18-16/h3-9H,10H2,1-2H3,(H,17,18). The number of H-pyrrole nitrogens is 1. The van der Waals surface area contributed by atoms with Gasteiger partial charge >= 0.3 is 0 Å². The van der Waals surface area contributed by atoms with E-state index in [0.29, 0.717) is 5.52 Å². The molecular formula is C16H16N4O2S. The van der Waals surface area contributed by atoms with E-state index in [1.54, 1.807) is 17.8 Å². The van der Waals surface area contributed by atoms with E-state index in [-0.39, 0.29) is 5.69 Å². The van der Waals surface area contributed by atoms with Crippen LogP contribution in [0.3, 0.4) is 0 Å². The van der Waals surface area contributed by atoms with Crippen molar-refractivity contribution in [2.45, 2.75) is 10.9 Å². The first-order valence-electron chi connectivity index (χ1n) is 7.07. The van der Waals surface area contributed by atoms with E-state index in [0.717, 1.165) is 16.4 Å². The fourth-order valence-corrected chi connectivity index (χ4v) is 3.25. The topological polar surface area (TPSA) is 75.1 Å². The number of para-hydroxylation sites is 1. The molecule has 1 aromatic heterocycles. The van der Waals surface area contributed by atoms with Crippen LogP contribution in [0.4, 0.5) is 11.4 Å². The van der Waals surface area contributed by atoms with Crippen molar-refractivity contribution < 1.29 is 4.92 Å². The highest BCUT2D eigenvalue weighted by molar-refractivity contribution is 7.98. The largest absolute Gasteiger partial charge is 0.377 e. The Morgan fingerprint density at radius 1 is 1.26 bits per heavy atom. The zero-order chi connectivity index (χ0) is 16.4. The molecule has 0 radical (unpaired) electrons. The van der Waals surface area contributed by atoms with Crippen LogP contribution in [0.5, 0.6) is 0 Å². The second-order valence-electron chi connectivity index (χ2n) is 5.31. The van der Waals surface area contributed by atoms with Gasteiger partial charge in [-0.3, -0.25) is 10.1 Å². The summed E-state index contributed by atoms with van der Waals surface area (Å²) in [6.07, 6.45) is 0. The maximum absolute atomic E-state index is 10.8. The number of nitrogens with zero attached hydrogens (tertiary/aromatic N) is 3. The number of aromatic nitrogens is 2. The Labute approximate surface area is 137 Å². The molecule has 0 unspecified atom stereocenters. The normalized spacial score (nSPS) is 10.9. The van der Waals surface area contributed by atoms with Crippen molar-refractivity contribution in [2.75, 3.05) is 19.0 Å². The Hall–Kier alpha value is -2.54. The third-order valence-corrected chi connectivity index (χ3v) is 4.41. The Kier molecular flexibility index (Phi) is 4.20. The monoisotopic (exact) mass is 328 g/mol. The molecule has 0 aliphatic heterocycles. The minimum atomic E-state index is -0.402. The molecule has 118 valence electrons. The fraction of sp³-hybridized carbons (Fsp3) is 0.188. The van der Waals surface area contributed by atoms with Gasteiger partial charge in [0.2, 0.25) is 0 Å². The molecule has 1 N–H and O–H groups in total. The Morgan fingerprint density at radius 2 is 2.04 bits per heavy atom. The van der Waals surface area contributed by atoms with Gasteiger partial charge in [-0.05, 0) is 17.7 Å². The van der Waals surface area contributed by atoms with Crippen LogP contribution >= 0.6 is 11.8 Å². The maximum Gasteiger partial charge on any atom is 0.271 e. The molecule has 0 fully saturated rings. The van der Waals surface area contributed by atoms with Crippen molar-refractivity contribution in [2.24, 2.45) is 0 Å². The smallest absolute Gasteiger partial charge is 0.271 e. The first kappa shape index (κ1) is 15.4. The Bertz CT molecular complexity index is 860. The summed E-state index contributed by atoms with van der Waals surface area (Å²) in [4.78, 5) is 20.1. The molecule has 0 bridgehead atoms. The van der Waals surface area contributed by atoms with E-state index in [4.69, 9.17) is 0 Å².